The predicted molar refractivity (Wildman–Crippen MR) is 120 cm³/mol. The first kappa shape index (κ1) is 20.4. The van der Waals surface area contributed by atoms with E-state index >= 15 is 0 Å². The van der Waals surface area contributed by atoms with Gasteiger partial charge in [-0.1, -0.05) is 35.3 Å². The summed E-state index contributed by atoms with van der Waals surface area (Å²) in [5, 5.41) is 13.5. The average molecular weight is 456 g/mol. The topological polar surface area (TPSA) is 69.3 Å². The van der Waals surface area contributed by atoms with Crippen LogP contribution in [0.25, 0.3) is 11.3 Å². The molecule has 0 radical (unpaired) electrons. The molecule has 1 atom stereocenters. The number of hydrogen-bond donors (Lipinski definition) is 2. The summed E-state index contributed by atoms with van der Waals surface area (Å²) >= 11 is 16.9. The normalized spacial score (nSPS) is 16.4. The van der Waals surface area contributed by atoms with E-state index in [1.54, 1.807) is 35.2 Å². The van der Waals surface area contributed by atoms with Crippen molar-refractivity contribution in [1.82, 2.24) is 5.32 Å². The van der Waals surface area contributed by atoms with E-state index in [9.17, 15) is 10.1 Å². The van der Waals surface area contributed by atoms with Gasteiger partial charge in [0.05, 0.1) is 10.1 Å². The van der Waals surface area contributed by atoms with Crippen LogP contribution in [0.1, 0.15) is 17.5 Å². The van der Waals surface area contributed by atoms with Crippen molar-refractivity contribution in [3.05, 3.63) is 86.6 Å². The molecule has 1 aromatic heterocycles. The van der Waals surface area contributed by atoms with Crippen molar-refractivity contribution in [2.45, 2.75) is 13.1 Å². The number of nitrogens with zero attached hydrogens (tertiary/aromatic N) is 2. The Morgan fingerprint density at radius 1 is 1.17 bits per heavy atom. The Morgan fingerprint density at radius 3 is 2.70 bits per heavy atom. The van der Waals surface area contributed by atoms with Gasteiger partial charge in [-0.2, -0.15) is 5.26 Å². The Kier molecular flexibility index (Phi) is 5.52. The zero-order valence-electron chi connectivity index (χ0n) is 15.7. The van der Waals surface area contributed by atoms with Crippen molar-refractivity contribution in [2.75, 3.05) is 4.90 Å². The number of amides is 1. The van der Waals surface area contributed by atoms with Crippen molar-refractivity contribution in [2.24, 2.45) is 0 Å². The molecular weight excluding hydrogens is 441 g/mol. The number of aryl methyl sites for hydroxylation is 1. The maximum Gasteiger partial charge on any atom is 0.266 e. The third-order valence-corrected chi connectivity index (χ3v) is 5.69. The van der Waals surface area contributed by atoms with Crippen LogP contribution in [0, 0.1) is 18.3 Å². The van der Waals surface area contributed by atoms with E-state index in [0.717, 1.165) is 11.3 Å². The average Bonchev–Trinajstić information content (AvgIpc) is 3.19. The summed E-state index contributed by atoms with van der Waals surface area (Å²) in [7, 11) is 0. The van der Waals surface area contributed by atoms with E-state index in [4.69, 9.17) is 27.6 Å². The Labute approximate surface area is 188 Å². The van der Waals surface area contributed by atoms with Crippen molar-refractivity contribution in [3.63, 3.8) is 0 Å². The number of hydrogen-bond acceptors (Lipinski definition) is 5. The minimum Gasteiger partial charge on any atom is -0.457 e. The summed E-state index contributed by atoms with van der Waals surface area (Å²) in [5.74, 6) is 0.446. The smallest absolute Gasteiger partial charge is 0.266 e. The van der Waals surface area contributed by atoms with Crippen LogP contribution in [0.15, 0.2) is 69.6 Å². The summed E-state index contributed by atoms with van der Waals surface area (Å²) in [4.78, 5) is 14.2. The molecule has 1 amide bonds. The highest BCUT2D eigenvalue weighted by Crippen LogP contribution is 2.39. The monoisotopic (exact) mass is 455 g/mol. The maximum atomic E-state index is 12.5. The van der Waals surface area contributed by atoms with Crippen LogP contribution in [-0.4, -0.2) is 5.91 Å². The quantitative estimate of drug-likeness (QED) is 0.485. The molecule has 1 aliphatic heterocycles. The molecule has 0 saturated carbocycles. The SMILES string of the molecule is Cc1cccc(N2C(S)=C(C#N)C(=O)NC2c2ccc(-c3cc(Cl)ccc3Cl)o2)c1. The molecule has 3 aromatic rings. The number of anilines is 1. The molecule has 1 unspecified atom stereocenters. The molecule has 150 valence electrons. The van der Waals surface area contributed by atoms with Crippen LogP contribution in [0.5, 0.6) is 0 Å². The lowest BCUT2D eigenvalue weighted by atomic mass is 10.1. The van der Waals surface area contributed by atoms with Gasteiger partial charge in [-0.3, -0.25) is 4.79 Å². The van der Waals surface area contributed by atoms with E-state index < -0.39 is 12.1 Å². The highest BCUT2D eigenvalue weighted by Gasteiger charge is 2.36. The Morgan fingerprint density at radius 2 is 1.97 bits per heavy atom. The number of nitrogens with one attached hydrogen (secondary N) is 1. The van der Waals surface area contributed by atoms with Crippen LogP contribution in [0.4, 0.5) is 5.69 Å². The standard InChI is InChI=1S/C22H15Cl2N3O2S/c1-12-3-2-4-14(9-12)27-20(26-21(28)16(11-25)22(27)30)19-8-7-18(29-19)15-10-13(23)5-6-17(15)24/h2-10,20,30H,1H3,(H,26,28). The van der Waals surface area contributed by atoms with Gasteiger partial charge in [0, 0.05) is 16.3 Å². The third-order valence-electron chi connectivity index (χ3n) is 4.69. The molecule has 4 rings (SSSR count). The molecule has 0 aliphatic carbocycles. The fourth-order valence-corrected chi connectivity index (χ4v) is 4.05. The van der Waals surface area contributed by atoms with Gasteiger partial charge in [0.1, 0.15) is 23.2 Å². The van der Waals surface area contributed by atoms with Crippen LogP contribution in [0.2, 0.25) is 10.0 Å². The lowest BCUT2D eigenvalue weighted by molar-refractivity contribution is -0.118. The molecule has 0 fully saturated rings. The number of nitriles is 1. The van der Waals surface area contributed by atoms with E-state index in [0.29, 0.717) is 27.1 Å². The molecule has 1 aliphatic rings. The molecule has 0 bridgehead atoms. The number of carbonyl (C=O) groups is 1. The van der Waals surface area contributed by atoms with Crippen LogP contribution in [-0.2, 0) is 4.79 Å². The molecule has 0 saturated heterocycles. The molecular formula is C22H15Cl2N3O2S. The lowest BCUT2D eigenvalue weighted by Crippen LogP contribution is -2.45. The second kappa shape index (κ2) is 8.11. The first-order chi connectivity index (χ1) is 14.4. The number of benzene rings is 2. The second-order valence-corrected chi connectivity index (χ2v) is 7.99. The van der Waals surface area contributed by atoms with Crippen molar-refractivity contribution in [1.29, 1.82) is 5.26 Å². The largest absolute Gasteiger partial charge is 0.457 e. The lowest BCUT2D eigenvalue weighted by Gasteiger charge is -2.36. The van der Waals surface area contributed by atoms with E-state index in [-0.39, 0.29) is 10.6 Å². The van der Waals surface area contributed by atoms with Gasteiger partial charge < -0.3 is 14.6 Å². The van der Waals surface area contributed by atoms with Gasteiger partial charge >= 0.3 is 0 Å². The molecule has 5 nitrogen and oxygen atoms in total. The number of rotatable bonds is 3. The molecule has 0 spiro atoms. The van der Waals surface area contributed by atoms with Gasteiger partial charge in [0.25, 0.3) is 5.91 Å². The fourth-order valence-electron chi connectivity index (χ4n) is 3.28. The third kappa shape index (κ3) is 3.68. The van der Waals surface area contributed by atoms with Crippen LogP contribution in [0.3, 0.4) is 0 Å². The Hall–Kier alpha value is -2.85. The van der Waals surface area contributed by atoms with Crippen molar-refractivity contribution >= 4 is 47.4 Å². The van der Waals surface area contributed by atoms with Gasteiger partial charge in [-0.15, -0.1) is 12.6 Å². The number of halogens is 2. The molecule has 30 heavy (non-hydrogen) atoms. The molecule has 8 heteroatoms. The van der Waals surface area contributed by atoms with Gasteiger partial charge in [-0.25, -0.2) is 0 Å². The first-order valence-corrected chi connectivity index (χ1v) is 10.1. The van der Waals surface area contributed by atoms with Crippen LogP contribution < -0.4 is 10.2 Å². The van der Waals surface area contributed by atoms with Gasteiger partial charge in [0.15, 0.2) is 6.17 Å². The predicted octanol–water partition coefficient (Wildman–Crippen LogP) is 5.86. The summed E-state index contributed by atoms with van der Waals surface area (Å²) in [6.45, 7) is 1.96. The zero-order chi connectivity index (χ0) is 21.4. The molecule has 1 N–H and O–H groups in total. The maximum absolute atomic E-state index is 12.5. The minimum absolute atomic E-state index is 0.0687. The molecule has 2 aromatic carbocycles. The summed E-state index contributed by atoms with van der Waals surface area (Å²) in [6.07, 6.45) is -0.699. The zero-order valence-corrected chi connectivity index (χ0v) is 18.1. The first-order valence-electron chi connectivity index (χ1n) is 8.94. The Bertz CT molecular complexity index is 1230. The van der Waals surface area contributed by atoms with Gasteiger partial charge in [-0.05, 0) is 55.0 Å². The van der Waals surface area contributed by atoms with Crippen molar-refractivity contribution in [3.8, 4) is 17.4 Å². The van der Waals surface area contributed by atoms with Crippen LogP contribution >= 0.6 is 35.8 Å². The van der Waals surface area contributed by atoms with E-state index in [1.807, 2.05) is 37.3 Å². The molecule has 2 heterocycles. The highest BCUT2D eigenvalue weighted by molar-refractivity contribution is 7.84. The van der Waals surface area contributed by atoms with E-state index in [1.165, 1.54) is 0 Å². The highest BCUT2D eigenvalue weighted by atomic mass is 35.5. The number of thiol groups is 1. The summed E-state index contributed by atoms with van der Waals surface area (Å²) < 4.78 is 6.05. The number of furan rings is 1. The Balaban J connectivity index is 1.82. The second-order valence-electron chi connectivity index (χ2n) is 6.72. The van der Waals surface area contributed by atoms with E-state index in [2.05, 4.69) is 17.9 Å². The minimum atomic E-state index is -0.699. The summed E-state index contributed by atoms with van der Waals surface area (Å²) in [6, 6.07) is 18.2. The van der Waals surface area contributed by atoms with Crippen molar-refractivity contribution < 1.29 is 9.21 Å². The van der Waals surface area contributed by atoms with Gasteiger partial charge in [0.2, 0.25) is 0 Å². The fraction of sp³-hybridized carbons (Fsp3) is 0.0909. The number of carbonyl (C=O) groups excluding carboxylic acids is 1. The summed E-state index contributed by atoms with van der Waals surface area (Å²) in [5.41, 5.74) is 2.35.